The summed E-state index contributed by atoms with van der Waals surface area (Å²) >= 11 is 0. The van der Waals surface area contributed by atoms with Gasteiger partial charge in [-0.15, -0.1) is 0 Å². The average Bonchev–Trinajstić information content (AvgIpc) is 3.13. The van der Waals surface area contributed by atoms with E-state index in [1.807, 2.05) is 30.3 Å². The molecule has 2 aromatic rings. The van der Waals surface area contributed by atoms with Crippen molar-refractivity contribution >= 4 is 5.97 Å². The van der Waals surface area contributed by atoms with Crippen LogP contribution in [-0.2, 0) is 27.4 Å². The van der Waals surface area contributed by atoms with Crippen molar-refractivity contribution in [2.24, 2.45) is 0 Å². The molecule has 2 unspecified atom stereocenters. The highest BCUT2D eigenvalue weighted by Crippen LogP contribution is 2.30. The maximum atomic E-state index is 12.6. The predicted molar refractivity (Wildman–Crippen MR) is 113 cm³/mol. The fourth-order valence-electron chi connectivity index (χ4n) is 4.21. The topological polar surface area (TPSA) is 38.8 Å². The molecule has 0 aromatic heterocycles. The van der Waals surface area contributed by atoms with E-state index < -0.39 is 0 Å². The molecule has 0 aliphatic carbocycles. The van der Waals surface area contributed by atoms with Crippen molar-refractivity contribution < 1.29 is 14.3 Å². The molecule has 4 nitrogen and oxygen atoms in total. The first-order valence-electron chi connectivity index (χ1n) is 10.6. The summed E-state index contributed by atoms with van der Waals surface area (Å²) in [5.74, 6) is -0.150. The monoisotopic (exact) mass is 391 g/mol. The zero-order chi connectivity index (χ0) is 19.9. The van der Waals surface area contributed by atoms with Gasteiger partial charge in [0.25, 0.3) is 0 Å². The number of nitrogens with zero attached hydrogens (tertiary/aromatic N) is 1. The van der Waals surface area contributed by atoms with Gasteiger partial charge in [0.1, 0.15) is 6.10 Å². The van der Waals surface area contributed by atoms with E-state index in [0.717, 1.165) is 37.1 Å². The van der Waals surface area contributed by atoms with Crippen molar-refractivity contribution in [2.75, 3.05) is 13.2 Å². The Morgan fingerprint density at radius 2 is 1.69 bits per heavy atom. The molecule has 4 heteroatoms. The fourth-order valence-corrected chi connectivity index (χ4v) is 4.21. The van der Waals surface area contributed by atoms with E-state index >= 15 is 0 Å². The van der Waals surface area contributed by atoms with Crippen LogP contribution in [0, 0.1) is 0 Å². The first kappa shape index (κ1) is 19.9. The predicted octanol–water partition coefficient (Wildman–Crippen LogP) is 4.50. The number of carbonyl (C=O) groups excluding carboxylic acids is 1. The maximum absolute atomic E-state index is 12.6. The molecule has 2 aromatic carbocycles. The molecule has 29 heavy (non-hydrogen) atoms. The van der Waals surface area contributed by atoms with Gasteiger partial charge >= 0.3 is 5.97 Å². The van der Waals surface area contributed by atoms with Crippen LogP contribution in [-0.4, -0.2) is 36.2 Å². The first-order chi connectivity index (χ1) is 14.3. The molecule has 2 heterocycles. The van der Waals surface area contributed by atoms with Crippen molar-refractivity contribution in [3.63, 3.8) is 0 Å². The average molecular weight is 392 g/mol. The minimum absolute atomic E-state index is 0.150. The lowest BCUT2D eigenvalue weighted by atomic mass is 9.94. The van der Waals surface area contributed by atoms with Crippen molar-refractivity contribution in [1.82, 2.24) is 4.90 Å². The van der Waals surface area contributed by atoms with Crippen molar-refractivity contribution in [3.8, 4) is 0 Å². The molecule has 0 bridgehead atoms. The van der Waals surface area contributed by atoms with Crippen LogP contribution >= 0.6 is 0 Å². The van der Waals surface area contributed by atoms with Crippen LogP contribution in [0.15, 0.2) is 72.3 Å². The maximum Gasteiger partial charge on any atom is 0.336 e. The van der Waals surface area contributed by atoms with E-state index in [1.54, 1.807) is 0 Å². The second-order valence-electron chi connectivity index (χ2n) is 7.86. The second kappa shape index (κ2) is 9.86. The minimum Gasteiger partial charge on any atom is -0.455 e. The molecule has 152 valence electrons. The van der Waals surface area contributed by atoms with E-state index in [0.29, 0.717) is 19.6 Å². The summed E-state index contributed by atoms with van der Waals surface area (Å²) in [6.45, 7) is 3.07. The Balaban J connectivity index is 1.33. The standard InChI is InChI=1S/C25H29NO3/c27-25-23(17-22(29-25)14-16-28-19-21-11-5-2-6-12-21)24-13-7-8-15-26(24)18-20-9-3-1-4-10-20/h1-6,9-12,17,22,24H,7-8,13-16,18-19H2. The van der Waals surface area contributed by atoms with Gasteiger partial charge in [0, 0.05) is 19.0 Å². The molecule has 0 radical (unpaired) electrons. The van der Waals surface area contributed by atoms with Crippen LogP contribution < -0.4 is 0 Å². The molecule has 1 saturated heterocycles. The van der Waals surface area contributed by atoms with Gasteiger partial charge in [-0.1, -0.05) is 67.1 Å². The number of esters is 1. The number of piperidine rings is 1. The second-order valence-corrected chi connectivity index (χ2v) is 7.86. The van der Waals surface area contributed by atoms with Crippen molar-refractivity contribution in [3.05, 3.63) is 83.4 Å². The third-order valence-electron chi connectivity index (χ3n) is 5.72. The smallest absolute Gasteiger partial charge is 0.336 e. The lowest BCUT2D eigenvalue weighted by Crippen LogP contribution is -2.41. The largest absolute Gasteiger partial charge is 0.455 e. The van der Waals surface area contributed by atoms with Crippen LogP contribution in [0.3, 0.4) is 0 Å². The van der Waals surface area contributed by atoms with Crippen LogP contribution in [0.25, 0.3) is 0 Å². The molecule has 2 atom stereocenters. The highest BCUT2D eigenvalue weighted by Gasteiger charge is 2.35. The SMILES string of the molecule is O=C1OC(CCOCc2ccccc2)C=C1C1CCCCN1Cc1ccccc1. The summed E-state index contributed by atoms with van der Waals surface area (Å²) in [6.07, 6.45) is 5.93. The summed E-state index contributed by atoms with van der Waals surface area (Å²) in [5.41, 5.74) is 3.29. The lowest BCUT2D eigenvalue weighted by Gasteiger charge is -2.35. The number of ether oxygens (including phenoxy) is 2. The van der Waals surface area contributed by atoms with E-state index in [1.165, 1.54) is 12.0 Å². The summed E-state index contributed by atoms with van der Waals surface area (Å²) in [4.78, 5) is 15.0. The van der Waals surface area contributed by atoms with Gasteiger partial charge in [-0.25, -0.2) is 4.79 Å². The molecule has 0 saturated carbocycles. The molecular formula is C25H29NO3. The van der Waals surface area contributed by atoms with Gasteiger partial charge in [-0.05, 0) is 36.6 Å². The number of hydrogen-bond acceptors (Lipinski definition) is 4. The zero-order valence-electron chi connectivity index (χ0n) is 16.8. The number of carbonyl (C=O) groups is 1. The summed E-state index contributed by atoms with van der Waals surface area (Å²) in [7, 11) is 0. The van der Waals surface area contributed by atoms with Crippen molar-refractivity contribution in [1.29, 1.82) is 0 Å². The third kappa shape index (κ3) is 5.34. The van der Waals surface area contributed by atoms with Gasteiger partial charge in [0.2, 0.25) is 0 Å². The molecule has 0 amide bonds. The molecule has 2 aliphatic rings. The zero-order valence-corrected chi connectivity index (χ0v) is 16.8. The molecule has 2 aliphatic heterocycles. The molecule has 0 N–H and O–H groups in total. The minimum atomic E-state index is -0.172. The lowest BCUT2D eigenvalue weighted by molar-refractivity contribution is -0.141. The number of likely N-dealkylation sites (tertiary alicyclic amines) is 1. The first-order valence-corrected chi connectivity index (χ1v) is 10.6. The summed E-state index contributed by atoms with van der Waals surface area (Å²) in [6, 6.07) is 20.8. The van der Waals surface area contributed by atoms with E-state index in [-0.39, 0.29) is 18.1 Å². The van der Waals surface area contributed by atoms with Crippen LogP contribution in [0.5, 0.6) is 0 Å². The Bertz CT molecular complexity index is 818. The third-order valence-corrected chi connectivity index (χ3v) is 5.72. The van der Waals surface area contributed by atoms with Gasteiger partial charge in [0.15, 0.2) is 0 Å². The van der Waals surface area contributed by atoms with Gasteiger partial charge < -0.3 is 9.47 Å². The Labute approximate surface area is 173 Å². The normalized spacial score (nSPS) is 22.3. The molecule has 1 fully saturated rings. The molecule has 0 spiro atoms. The van der Waals surface area contributed by atoms with Crippen LogP contribution in [0.2, 0.25) is 0 Å². The Kier molecular flexibility index (Phi) is 6.75. The van der Waals surface area contributed by atoms with Gasteiger partial charge in [0.05, 0.1) is 18.8 Å². The highest BCUT2D eigenvalue weighted by atomic mass is 16.5. The summed E-state index contributed by atoms with van der Waals surface area (Å²) < 4.78 is 11.4. The Hall–Kier alpha value is -2.43. The number of hydrogen-bond donors (Lipinski definition) is 0. The number of cyclic esters (lactones) is 1. The van der Waals surface area contributed by atoms with Crippen molar-refractivity contribution in [2.45, 2.75) is 51.0 Å². The van der Waals surface area contributed by atoms with Gasteiger partial charge in [-0.2, -0.15) is 0 Å². The Morgan fingerprint density at radius 1 is 0.966 bits per heavy atom. The number of benzene rings is 2. The van der Waals surface area contributed by atoms with E-state index in [9.17, 15) is 4.79 Å². The fraction of sp³-hybridized carbons (Fsp3) is 0.400. The van der Waals surface area contributed by atoms with E-state index in [4.69, 9.17) is 9.47 Å². The van der Waals surface area contributed by atoms with Crippen LogP contribution in [0.4, 0.5) is 0 Å². The summed E-state index contributed by atoms with van der Waals surface area (Å²) in [5, 5.41) is 0. The molecule has 4 rings (SSSR count). The highest BCUT2D eigenvalue weighted by molar-refractivity contribution is 5.92. The van der Waals surface area contributed by atoms with E-state index in [2.05, 4.69) is 41.3 Å². The molecular weight excluding hydrogens is 362 g/mol. The van der Waals surface area contributed by atoms with Crippen LogP contribution in [0.1, 0.15) is 36.8 Å². The van der Waals surface area contributed by atoms with Gasteiger partial charge in [-0.3, -0.25) is 4.90 Å². The number of rotatable bonds is 8. The quantitative estimate of drug-likeness (QED) is 0.491. The Morgan fingerprint density at radius 3 is 2.45 bits per heavy atom.